The van der Waals surface area contributed by atoms with E-state index in [2.05, 4.69) is 5.32 Å². The Morgan fingerprint density at radius 1 is 0.950 bits per heavy atom. The molecule has 2 unspecified atom stereocenters. The van der Waals surface area contributed by atoms with E-state index >= 15 is 0 Å². The summed E-state index contributed by atoms with van der Waals surface area (Å²) in [6, 6.07) is 10.8. The summed E-state index contributed by atoms with van der Waals surface area (Å²) in [6.07, 6.45) is 0. The van der Waals surface area contributed by atoms with Crippen molar-refractivity contribution in [1.82, 2.24) is 5.32 Å². The molecule has 0 radical (unpaired) electrons. The third kappa shape index (κ3) is 3.35. The van der Waals surface area contributed by atoms with E-state index in [0.29, 0.717) is 10.6 Å². The van der Waals surface area contributed by atoms with Crippen molar-refractivity contribution in [2.75, 3.05) is 0 Å². The molecule has 4 heteroatoms. The van der Waals surface area contributed by atoms with Crippen LogP contribution < -0.4 is 5.32 Å². The van der Waals surface area contributed by atoms with Crippen molar-refractivity contribution in [2.24, 2.45) is 0 Å². The van der Waals surface area contributed by atoms with E-state index in [-0.39, 0.29) is 12.1 Å². The molecule has 0 aromatic heterocycles. The highest BCUT2D eigenvalue weighted by Gasteiger charge is 2.16. The van der Waals surface area contributed by atoms with Crippen molar-refractivity contribution < 1.29 is 8.78 Å². The molecule has 1 N–H and O–H groups in total. The molecular weight excluding hydrogens is 280 g/mol. The summed E-state index contributed by atoms with van der Waals surface area (Å²) in [5, 5.41) is 3.93. The van der Waals surface area contributed by atoms with Crippen molar-refractivity contribution in [1.29, 1.82) is 0 Å². The zero-order valence-corrected chi connectivity index (χ0v) is 12.1. The van der Waals surface area contributed by atoms with E-state index in [1.165, 1.54) is 12.1 Å². The zero-order chi connectivity index (χ0) is 14.7. The van der Waals surface area contributed by atoms with Gasteiger partial charge in [0, 0.05) is 28.7 Å². The van der Waals surface area contributed by atoms with Crippen molar-refractivity contribution in [3.8, 4) is 0 Å². The van der Waals surface area contributed by atoms with Gasteiger partial charge in [-0.1, -0.05) is 35.9 Å². The number of rotatable bonds is 4. The lowest BCUT2D eigenvalue weighted by molar-refractivity contribution is 0.470. The van der Waals surface area contributed by atoms with Crippen LogP contribution in [0.5, 0.6) is 0 Å². The van der Waals surface area contributed by atoms with Gasteiger partial charge in [-0.3, -0.25) is 0 Å². The Morgan fingerprint density at radius 2 is 1.60 bits per heavy atom. The van der Waals surface area contributed by atoms with Crippen LogP contribution >= 0.6 is 11.6 Å². The van der Waals surface area contributed by atoms with Crippen molar-refractivity contribution in [3.63, 3.8) is 0 Å². The third-order valence-electron chi connectivity index (χ3n) is 3.30. The highest BCUT2D eigenvalue weighted by atomic mass is 35.5. The molecule has 2 atom stereocenters. The highest BCUT2D eigenvalue weighted by Crippen LogP contribution is 2.26. The Bertz CT molecular complexity index is 601. The van der Waals surface area contributed by atoms with E-state index in [0.717, 1.165) is 11.6 Å². The SMILES string of the molecule is CC(NC(C)c1ccccc1Cl)c1ccc(F)cc1F. The predicted molar refractivity (Wildman–Crippen MR) is 77.8 cm³/mol. The summed E-state index contributed by atoms with van der Waals surface area (Å²) >= 11 is 6.14. The van der Waals surface area contributed by atoms with Gasteiger partial charge in [0.1, 0.15) is 11.6 Å². The van der Waals surface area contributed by atoms with Gasteiger partial charge in [-0.05, 0) is 31.5 Å². The monoisotopic (exact) mass is 295 g/mol. The van der Waals surface area contributed by atoms with E-state index in [1.54, 1.807) is 0 Å². The average Bonchev–Trinajstić information content (AvgIpc) is 2.38. The average molecular weight is 296 g/mol. The lowest BCUT2D eigenvalue weighted by Gasteiger charge is -2.22. The maximum absolute atomic E-state index is 13.7. The first-order valence-corrected chi connectivity index (χ1v) is 6.82. The van der Waals surface area contributed by atoms with E-state index < -0.39 is 11.6 Å². The standard InChI is InChI=1S/C16H16ClF2N/c1-10(13-5-3-4-6-15(13)17)20-11(2)14-8-7-12(18)9-16(14)19/h3-11,20H,1-2H3. The maximum Gasteiger partial charge on any atom is 0.130 e. The number of nitrogens with one attached hydrogen (secondary N) is 1. The summed E-state index contributed by atoms with van der Waals surface area (Å²) < 4.78 is 26.6. The summed E-state index contributed by atoms with van der Waals surface area (Å²) in [5.74, 6) is -1.12. The fourth-order valence-corrected chi connectivity index (χ4v) is 2.53. The molecule has 20 heavy (non-hydrogen) atoms. The summed E-state index contributed by atoms with van der Waals surface area (Å²) in [4.78, 5) is 0. The van der Waals surface area contributed by atoms with E-state index in [4.69, 9.17) is 11.6 Å². The largest absolute Gasteiger partial charge is 0.303 e. The minimum absolute atomic E-state index is 0.0387. The molecule has 0 amide bonds. The molecule has 0 fully saturated rings. The number of hydrogen-bond acceptors (Lipinski definition) is 1. The first-order chi connectivity index (χ1) is 9.49. The Hall–Kier alpha value is -1.45. The topological polar surface area (TPSA) is 12.0 Å². The van der Waals surface area contributed by atoms with Crippen molar-refractivity contribution >= 4 is 11.6 Å². The first-order valence-electron chi connectivity index (χ1n) is 6.44. The molecule has 2 aromatic carbocycles. The zero-order valence-electron chi connectivity index (χ0n) is 11.3. The van der Waals surface area contributed by atoms with E-state index in [9.17, 15) is 8.78 Å². The summed E-state index contributed by atoms with van der Waals surface area (Å²) in [5.41, 5.74) is 1.38. The molecule has 2 rings (SSSR count). The van der Waals surface area contributed by atoms with Crippen molar-refractivity contribution in [2.45, 2.75) is 25.9 Å². The molecule has 2 aromatic rings. The molecule has 0 aliphatic heterocycles. The van der Waals surface area contributed by atoms with Crippen LogP contribution in [0.1, 0.15) is 37.1 Å². The number of halogens is 3. The normalized spacial score (nSPS) is 14.1. The highest BCUT2D eigenvalue weighted by molar-refractivity contribution is 6.31. The minimum atomic E-state index is -0.572. The smallest absolute Gasteiger partial charge is 0.130 e. The second kappa shape index (κ2) is 6.33. The van der Waals surface area contributed by atoms with Crippen LogP contribution in [0, 0.1) is 11.6 Å². The predicted octanol–water partition coefficient (Wildman–Crippen LogP) is 5.03. The van der Waals surface area contributed by atoms with Crippen LogP contribution in [-0.2, 0) is 0 Å². The van der Waals surface area contributed by atoms with E-state index in [1.807, 2.05) is 38.1 Å². The molecule has 1 nitrogen and oxygen atoms in total. The van der Waals surface area contributed by atoms with Gasteiger partial charge in [-0.15, -0.1) is 0 Å². The Kier molecular flexibility index (Phi) is 4.73. The lowest BCUT2D eigenvalue weighted by Crippen LogP contribution is -2.23. The number of benzene rings is 2. The molecular formula is C16H16ClF2N. The van der Waals surface area contributed by atoms with Gasteiger partial charge in [0.05, 0.1) is 0 Å². The molecule has 0 bridgehead atoms. The minimum Gasteiger partial charge on any atom is -0.303 e. The Labute approximate surface area is 122 Å². The second-order valence-corrected chi connectivity index (χ2v) is 5.20. The molecule has 106 valence electrons. The van der Waals surface area contributed by atoms with Gasteiger partial charge in [-0.25, -0.2) is 8.78 Å². The van der Waals surface area contributed by atoms with Gasteiger partial charge in [0.2, 0.25) is 0 Å². The lowest BCUT2D eigenvalue weighted by atomic mass is 10.0. The van der Waals surface area contributed by atoms with Gasteiger partial charge in [0.15, 0.2) is 0 Å². The van der Waals surface area contributed by atoms with Gasteiger partial charge >= 0.3 is 0 Å². The molecule has 0 aliphatic rings. The molecule has 0 heterocycles. The maximum atomic E-state index is 13.7. The molecule has 0 saturated carbocycles. The summed E-state index contributed by atoms with van der Waals surface area (Å²) in [7, 11) is 0. The third-order valence-corrected chi connectivity index (χ3v) is 3.64. The molecule has 0 aliphatic carbocycles. The van der Waals surface area contributed by atoms with Crippen LogP contribution in [0.2, 0.25) is 5.02 Å². The summed E-state index contributed by atoms with van der Waals surface area (Å²) in [6.45, 7) is 3.79. The molecule has 0 spiro atoms. The van der Waals surface area contributed by atoms with Crippen LogP contribution in [0.3, 0.4) is 0 Å². The van der Waals surface area contributed by atoms with Crippen LogP contribution in [0.15, 0.2) is 42.5 Å². The Morgan fingerprint density at radius 3 is 2.25 bits per heavy atom. The fraction of sp³-hybridized carbons (Fsp3) is 0.250. The Balaban J connectivity index is 2.15. The second-order valence-electron chi connectivity index (χ2n) is 4.80. The fourth-order valence-electron chi connectivity index (χ4n) is 2.23. The quantitative estimate of drug-likeness (QED) is 0.834. The van der Waals surface area contributed by atoms with Crippen LogP contribution in [0.25, 0.3) is 0 Å². The van der Waals surface area contributed by atoms with Gasteiger partial charge in [0.25, 0.3) is 0 Å². The van der Waals surface area contributed by atoms with Crippen molar-refractivity contribution in [3.05, 3.63) is 70.2 Å². The van der Waals surface area contributed by atoms with Crippen LogP contribution in [-0.4, -0.2) is 0 Å². The molecule has 0 saturated heterocycles. The van der Waals surface area contributed by atoms with Crippen LogP contribution in [0.4, 0.5) is 8.78 Å². The van der Waals surface area contributed by atoms with Gasteiger partial charge < -0.3 is 5.32 Å². The van der Waals surface area contributed by atoms with Gasteiger partial charge in [-0.2, -0.15) is 0 Å². The number of hydrogen-bond donors (Lipinski definition) is 1. The first kappa shape index (κ1) is 14.9.